The van der Waals surface area contributed by atoms with Gasteiger partial charge in [0.05, 0.1) is 8.95 Å². The average Bonchev–Trinajstić information content (AvgIpc) is 2.97. The molecule has 0 bridgehead atoms. The van der Waals surface area contributed by atoms with Gasteiger partial charge in [0.2, 0.25) is 5.76 Å². The summed E-state index contributed by atoms with van der Waals surface area (Å²) in [7, 11) is 0. The molecule has 0 atom stereocenters. The fourth-order valence-electron chi connectivity index (χ4n) is 2.47. The van der Waals surface area contributed by atoms with Crippen LogP contribution >= 0.6 is 31.9 Å². The molecular formula is C18H14Br2O5. The standard InChI is InChI=1S/C18H14Br2O5/c1-8(2)10-5-9(3-4-13(10)21)24-17-12(19)7-14-11(16(17)20)6-15(25-14)18(22)23/h3-8,21H,1-2H3,(H,22,23). The second-order valence-electron chi connectivity index (χ2n) is 5.81. The van der Waals surface area contributed by atoms with Crippen molar-refractivity contribution in [3.63, 3.8) is 0 Å². The smallest absolute Gasteiger partial charge is 0.371 e. The van der Waals surface area contributed by atoms with Gasteiger partial charge < -0.3 is 19.4 Å². The summed E-state index contributed by atoms with van der Waals surface area (Å²) in [6.45, 7) is 3.96. The van der Waals surface area contributed by atoms with Gasteiger partial charge in [-0.1, -0.05) is 13.8 Å². The molecule has 0 saturated carbocycles. The summed E-state index contributed by atoms with van der Waals surface area (Å²) in [6, 6.07) is 8.14. The molecule has 0 radical (unpaired) electrons. The van der Waals surface area contributed by atoms with Crippen molar-refractivity contribution in [3.8, 4) is 17.2 Å². The van der Waals surface area contributed by atoms with Crippen LogP contribution in [0.25, 0.3) is 11.0 Å². The van der Waals surface area contributed by atoms with E-state index in [-0.39, 0.29) is 17.4 Å². The molecule has 0 unspecified atom stereocenters. The number of carboxylic acids is 1. The van der Waals surface area contributed by atoms with Crippen molar-refractivity contribution in [3.05, 3.63) is 50.6 Å². The minimum Gasteiger partial charge on any atom is -0.508 e. The van der Waals surface area contributed by atoms with Crippen LogP contribution in [0.2, 0.25) is 0 Å². The van der Waals surface area contributed by atoms with Crippen molar-refractivity contribution in [2.45, 2.75) is 19.8 Å². The number of rotatable bonds is 4. The molecule has 25 heavy (non-hydrogen) atoms. The first-order valence-corrected chi connectivity index (χ1v) is 9.02. The lowest BCUT2D eigenvalue weighted by Gasteiger charge is -2.14. The van der Waals surface area contributed by atoms with E-state index in [1.807, 2.05) is 13.8 Å². The maximum atomic E-state index is 11.1. The molecule has 1 aromatic heterocycles. The topological polar surface area (TPSA) is 79.9 Å². The molecule has 0 aliphatic heterocycles. The van der Waals surface area contributed by atoms with Crippen molar-refractivity contribution >= 4 is 48.8 Å². The number of phenols is 1. The molecule has 1 heterocycles. The largest absolute Gasteiger partial charge is 0.508 e. The third-order valence-corrected chi connectivity index (χ3v) is 5.10. The Hall–Kier alpha value is -1.99. The minimum absolute atomic E-state index is 0.143. The molecule has 0 spiro atoms. The van der Waals surface area contributed by atoms with Crippen molar-refractivity contribution in [2.24, 2.45) is 0 Å². The van der Waals surface area contributed by atoms with Crippen molar-refractivity contribution in [2.75, 3.05) is 0 Å². The third kappa shape index (κ3) is 3.39. The van der Waals surface area contributed by atoms with Crippen LogP contribution in [-0.2, 0) is 0 Å². The number of aromatic hydroxyl groups is 1. The number of ether oxygens (including phenoxy) is 1. The zero-order valence-corrected chi connectivity index (χ0v) is 16.5. The lowest BCUT2D eigenvalue weighted by Crippen LogP contribution is -1.92. The van der Waals surface area contributed by atoms with E-state index in [0.717, 1.165) is 5.56 Å². The summed E-state index contributed by atoms with van der Waals surface area (Å²) >= 11 is 6.88. The molecular weight excluding hydrogens is 456 g/mol. The van der Waals surface area contributed by atoms with Crippen LogP contribution in [0.4, 0.5) is 0 Å². The van der Waals surface area contributed by atoms with Gasteiger partial charge in [0.15, 0.2) is 5.75 Å². The van der Waals surface area contributed by atoms with Crippen LogP contribution in [0, 0.1) is 0 Å². The van der Waals surface area contributed by atoms with Crippen LogP contribution in [0.3, 0.4) is 0 Å². The Bertz CT molecular complexity index is 975. The molecule has 2 aromatic carbocycles. The normalized spacial score (nSPS) is 11.2. The van der Waals surface area contributed by atoms with Gasteiger partial charge >= 0.3 is 5.97 Å². The number of hydrogen-bond acceptors (Lipinski definition) is 4. The lowest BCUT2D eigenvalue weighted by atomic mass is 10.0. The number of benzene rings is 2. The summed E-state index contributed by atoms with van der Waals surface area (Å²) in [5.41, 5.74) is 1.21. The van der Waals surface area contributed by atoms with E-state index in [1.165, 1.54) is 6.07 Å². The first-order valence-electron chi connectivity index (χ1n) is 7.43. The maximum absolute atomic E-state index is 11.1. The molecule has 3 rings (SSSR count). The highest BCUT2D eigenvalue weighted by atomic mass is 79.9. The van der Waals surface area contributed by atoms with Gasteiger partial charge in [0.25, 0.3) is 0 Å². The lowest BCUT2D eigenvalue weighted by molar-refractivity contribution is 0.0665. The minimum atomic E-state index is -1.14. The number of carboxylic acid groups (broad SMARTS) is 1. The fraction of sp³-hybridized carbons (Fsp3) is 0.167. The van der Waals surface area contributed by atoms with E-state index in [1.54, 1.807) is 24.3 Å². The predicted octanol–water partition coefficient (Wildman–Crippen LogP) is 6.28. The van der Waals surface area contributed by atoms with E-state index >= 15 is 0 Å². The number of furan rings is 1. The molecule has 0 saturated heterocycles. The zero-order valence-electron chi connectivity index (χ0n) is 13.3. The van der Waals surface area contributed by atoms with Gasteiger partial charge in [-0.3, -0.25) is 0 Å². The molecule has 5 nitrogen and oxygen atoms in total. The summed E-state index contributed by atoms with van der Waals surface area (Å²) in [5, 5.41) is 19.6. The van der Waals surface area contributed by atoms with E-state index < -0.39 is 5.97 Å². The Morgan fingerprint density at radius 3 is 2.56 bits per heavy atom. The van der Waals surface area contributed by atoms with E-state index in [2.05, 4.69) is 31.9 Å². The Labute approximate surface area is 160 Å². The number of phenolic OH excluding ortho intramolecular Hbond substituents is 1. The third-order valence-electron chi connectivity index (χ3n) is 3.72. The van der Waals surface area contributed by atoms with Crippen molar-refractivity contribution in [1.29, 1.82) is 0 Å². The van der Waals surface area contributed by atoms with E-state index in [0.29, 0.717) is 31.4 Å². The predicted molar refractivity (Wildman–Crippen MR) is 101 cm³/mol. The molecule has 0 aliphatic rings. The summed E-state index contributed by atoms with van der Waals surface area (Å²) < 4.78 is 12.5. The van der Waals surface area contributed by atoms with Gasteiger partial charge in [0.1, 0.15) is 17.1 Å². The van der Waals surface area contributed by atoms with Crippen LogP contribution < -0.4 is 4.74 Å². The molecule has 0 aliphatic carbocycles. The Morgan fingerprint density at radius 1 is 1.20 bits per heavy atom. The number of halogens is 2. The number of aromatic carboxylic acids is 1. The molecule has 0 fully saturated rings. The average molecular weight is 470 g/mol. The number of fused-ring (bicyclic) bond motifs is 1. The van der Waals surface area contributed by atoms with Gasteiger partial charge in [-0.25, -0.2) is 4.79 Å². The number of carbonyl (C=O) groups is 1. The molecule has 130 valence electrons. The summed E-state index contributed by atoms with van der Waals surface area (Å²) in [6.07, 6.45) is 0. The Balaban J connectivity index is 2.07. The summed E-state index contributed by atoms with van der Waals surface area (Å²) in [5.74, 6) is 0.130. The molecule has 3 aromatic rings. The molecule has 0 amide bonds. The van der Waals surface area contributed by atoms with Crippen LogP contribution in [0.5, 0.6) is 17.2 Å². The highest BCUT2D eigenvalue weighted by Crippen LogP contribution is 2.43. The Kier molecular flexibility index (Phi) is 4.79. The molecule has 2 N–H and O–H groups in total. The quantitative estimate of drug-likeness (QED) is 0.470. The maximum Gasteiger partial charge on any atom is 0.371 e. The second-order valence-corrected chi connectivity index (χ2v) is 7.45. The first kappa shape index (κ1) is 17.8. The van der Waals surface area contributed by atoms with E-state index in [4.69, 9.17) is 14.3 Å². The number of hydrogen-bond donors (Lipinski definition) is 2. The fourth-order valence-corrected chi connectivity index (χ4v) is 3.82. The van der Waals surface area contributed by atoms with Crippen LogP contribution in [0.1, 0.15) is 35.9 Å². The van der Waals surface area contributed by atoms with Crippen molar-refractivity contribution < 1.29 is 24.2 Å². The van der Waals surface area contributed by atoms with Crippen molar-refractivity contribution in [1.82, 2.24) is 0 Å². The monoisotopic (exact) mass is 468 g/mol. The molecule has 7 heteroatoms. The zero-order chi connectivity index (χ0) is 18.3. The van der Waals surface area contributed by atoms with Gasteiger partial charge in [-0.05, 0) is 62.0 Å². The highest BCUT2D eigenvalue weighted by Gasteiger charge is 2.19. The highest BCUT2D eigenvalue weighted by molar-refractivity contribution is 9.11. The van der Waals surface area contributed by atoms with Crippen LogP contribution in [-0.4, -0.2) is 16.2 Å². The van der Waals surface area contributed by atoms with Gasteiger partial charge in [0, 0.05) is 17.0 Å². The summed E-state index contributed by atoms with van der Waals surface area (Å²) in [4.78, 5) is 11.1. The van der Waals surface area contributed by atoms with Crippen LogP contribution in [0.15, 0.2) is 43.7 Å². The second kappa shape index (κ2) is 6.72. The Morgan fingerprint density at radius 2 is 1.92 bits per heavy atom. The van der Waals surface area contributed by atoms with Gasteiger partial charge in [-0.15, -0.1) is 0 Å². The SMILES string of the molecule is CC(C)c1cc(Oc2c(Br)cc3oc(C(=O)O)cc3c2Br)ccc1O. The van der Waals surface area contributed by atoms with E-state index in [9.17, 15) is 9.90 Å². The van der Waals surface area contributed by atoms with Gasteiger partial charge in [-0.2, -0.15) is 0 Å². The first-order chi connectivity index (χ1) is 11.8.